The molecule has 0 fully saturated rings. The molecule has 102 valence electrons. The summed E-state index contributed by atoms with van der Waals surface area (Å²) in [6.45, 7) is 0.365. The Balaban J connectivity index is 1.73. The maximum atomic E-state index is 7.37. The fraction of sp³-hybridized carbons (Fsp3) is 0.0769. The number of rotatable bonds is 4. The van der Waals surface area contributed by atoms with Gasteiger partial charge in [-0.25, -0.2) is 4.98 Å². The quantitative estimate of drug-likeness (QED) is 0.575. The Hall–Kier alpha value is -2.05. The Kier molecular flexibility index (Phi) is 3.33. The zero-order valence-corrected chi connectivity index (χ0v) is 11.9. The van der Waals surface area contributed by atoms with Crippen molar-refractivity contribution in [3.05, 3.63) is 52.3 Å². The summed E-state index contributed by atoms with van der Waals surface area (Å²) in [6.07, 6.45) is 3.88. The third kappa shape index (κ3) is 2.48. The number of nitrogens with one attached hydrogen (secondary N) is 1. The topological polar surface area (TPSA) is 76.4 Å². The highest BCUT2D eigenvalue weighted by atomic mass is 35.5. The number of imidazole rings is 1. The van der Waals surface area contributed by atoms with E-state index in [4.69, 9.17) is 27.5 Å². The first-order chi connectivity index (χ1) is 9.63. The molecule has 2 heterocycles. The minimum absolute atomic E-state index is 0.0594. The molecule has 0 aliphatic rings. The van der Waals surface area contributed by atoms with Crippen LogP contribution in [0.3, 0.4) is 0 Å². The molecular weight excluding hydrogens is 296 g/mol. The summed E-state index contributed by atoms with van der Waals surface area (Å²) in [7, 11) is 0. The second kappa shape index (κ2) is 5.15. The minimum atomic E-state index is -0.0594. The molecule has 0 saturated carbocycles. The van der Waals surface area contributed by atoms with Crippen LogP contribution in [0, 0.1) is 5.41 Å². The highest BCUT2D eigenvalue weighted by Crippen LogP contribution is 2.23. The summed E-state index contributed by atoms with van der Waals surface area (Å²) in [4.78, 5) is 5.36. The normalized spacial score (nSPS) is 10.8. The van der Waals surface area contributed by atoms with E-state index in [0.717, 1.165) is 10.7 Å². The van der Waals surface area contributed by atoms with Gasteiger partial charge in [-0.05, 0) is 18.2 Å². The van der Waals surface area contributed by atoms with Gasteiger partial charge in [-0.3, -0.25) is 9.81 Å². The van der Waals surface area contributed by atoms with Gasteiger partial charge in [-0.15, -0.1) is 11.3 Å². The SMILES string of the molecule is N=C(N)c1ccc(OCc2cn3ccsc3n2)cc1Cl. The molecule has 2 aromatic heterocycles. The molecule has 0 amide bonds. The lowest BCUT2D eigenvalue weighted by Gasteiger charge is -2.07. The molecule has 7 heteroatoms. The van der Waals surface area contributed by atoms with Gasteiger partial charge >= 0.3 is 0 Å². The van der Waals surface area contributed by atoms with Crippen molar-refractivity contribution < 1.29 is 4.74 Å². The maximum absolute atomic E-state index is 7.37. The minimum Gasteiger partial charge on any atom is -0.487 e. The number of ether oxygens (including phenoxy) is 1. The van der Waals surface area contributed by atoms with Crippen molar-refractivity contribution in [2.75, 3.05) is 0 Å². The fourth-order valence-corrected chi connectivity index (χ4v) is 2.80. The monoisotopic (exact) mass is 306 g/mol. The molecule has 0 atom stereocenters. The Morgan fingerprint density at radius 3 is 3.05 bits per heavy atom. The van der Waals surface area contributed by atoms with Crippen LogP contribution < -0.4 is 10.5 Å². The molecule has 0 aliphatic carbocycles. The van der Waals surface area contributed by atoms with Crippen LogP contribution in [0.5, 0.6) is 5.75 Å². The van der Waals surface area contributed by atoms with Crippen LogP contribution in [0.1, 0.15) is 11.3 Å². The number of hydrogen-bond acceptors (Lipinski definition) is 4. The van der Waals surface area contributed by atoms with Gasteiger partial charge in [-0.1, -0.05) is 11.6 Å². The average Bonchev–Trinajstić information content (AvgIpc) is 2.96. The molecule has 0 bridgehead atoms. The molecule has 0 radical (unpaired) electrons. The first-order valence-corrected chi connectivity index (χ1v) is 7.07. The molecular formula is C13H11ClN4OS. The largest absolute Gasteiger partial charge is 0.487 e. The van der Waals surface area contributed by atoms with Crippen molar-refractivity contribution >= 4 is 33.7 Å². The highest BCUT2D eigenvalue weighted by Gasteiger charge is 2.07. The lowest BCUT2D eigenvalue weighted by atomic mass is 10.2. The number of hydrogen-bond donors (Lipinski definition) is 2. The first kappa shape index (κ1) is 13.0. The molecule has 5 nitrogen and oxygen atoms in total. The number of aromatic nitrogens is 2. The van der Waals surface area contributed by atoms with Gasteiger partial charge in [0, 0.05) is 23.3 Å². The molecule has 0 spiro atoms. The number of amidine groups is 1. The average molecular weight is 307 g/mol. The van der Waals surface area contributed by atoms with Crippen molar-refractivity contribution in [3.8, 4) is 5.75 Å². The van der Waals surface area contributed by atoms with E-state index in [9.17, 15) is 0 Å². The van der Waals surface area contributed by atoms with Crippen LogP contribution in [-0.4, -0.2) is 15.2 Å². The van der Waals surface area contributed by atoms with E-state index in [1.54, 1.807) is 29.5 Å². The van der Waals surface area contributed by atoms with Crippen LogP contribution >= 0.6 is 22.9 Å². The van der Waals surface area contributed by atoms with Crippen molar-refractivity contribution in [2.45, 2.75) is 6.61 Å². The molecule has 3 aromatic rings. The lowest BCUT2D eigenvalue weighted by Crippen LogP contribution is -2.11. The van der Waals surface area contributed by atoms with Crippen LogP contribution in [0.25, 0.3) is 4.96 Å². The molecule has 1 aromatic carbocycles. The van der Waals surface area contributed by atoms with Crippen molar-refractivity contribution in [3.63, 3.8) is 0 Å². The lowest BCUT2D eigenvalue weighted by molar-refractivity contribution is 0.302. The number of benzene rings is 1. The number of nitrogen functional groups attached to an aromatic ring is 1. The van der Waals surface area contributed by atoms with Gasteiger partial charge in [0.15, 0.2) is 4.96 Å². The summed E-state index contributed by atoms with van der Waals surface area (Å²) in [5, 5.41) is 9.75. The van der Waals surface area contributed by atoms with Crippen LogP contribution in [0.4, 0.5) is 0 Å². The van der Waals surface area contributed by atoms with Gasteiger partial charge in [0.05, 0.1) is 10.7 Å². The van der Waals surface area contributed by atoms with Crippen LogP contribution in [-0.2, 0) is 6.61 Å². The van der Waals surface area contributed by atoms with Crippen LogP contribution in [0.2, 0.25) is 5.02 Å². The number of fused-ring (bicyclic) bond motifs is 1. The predicted octanol–water partition coefficient (Wildman–Crippen LogP) is 2.91. The van der Waals surface area contributed by atoms with Crippen molar-refractivity contribution in [1.29, 1.82) is 5.41 Å². The third-order valence-electron chi connectivity index (χ3n) is 2.76. The molecule has 0 aliphatic heterocycles. The Bertz CT molecular complexity index is 751. The highest BCUT2D eigenvalue weighted by molar-refractivity contribution is 7.15. The molecule has 3 rings (SSSR count). The summed E-state index contributed by atoms with van der Waals surface area (Å²) in [5.74, 6) is 0.562. The van der Waals surface area contributed by atoms with Gasteiger partial charge in [0.1, 0.15) is 18.2 Å². The zero-order chi connectivity index (χ0) is 14.1. The Morgan fingerprint density at radius 1 is 1.50 bits per heavy atom. The molecule has 0 unspecified atom stereocenters. The summed E-state index contributed by atoms with van der Waals surface area (Å²) in [5.41, 5.74) is 6.76. The maximum Gasteiger partial charge on any atom is 0.193 e. The number of nitrogens with zero attached hydrogens (tertiary/aromatic N) is 2. The second-order valence-electron chi connectivity index (χ2n) is 4.17. The van der Waals surface area contributed by atoms with E-state index in [0.29, 0.717) is 22.9 Å². The number of nitrogens with two attached hydrogens (primary N) is 1. The van der Waals surface area contributed by atoms with E-state index in [1.165, 1.54) is 0 Å². The van der Waals surface area contributed by atoms with Gasteiger partial charge in [0.25, 0.3) is 0 Å². The molecule has 0 saturated heterocycles. The Morgan fingerprint density at radius 2 is 2.35 bits per heavy atom. The second-order valence-corrected chi connectivity index (χ2v) is 5.45. The zero-order valence-electron chi connectivity index (χ0n) is 10.3. The van der Waals surface area contributed by atoms with E-state index in [2.05, 4.69) is 4.98 Å². The van der Waals surface area contributed by atoms with Crippen molar-refractivity contribution in [2.24, 2.45) is 5.73 Å². The number of thiazole rings is 1. The summed E-state index contributed by atoms with van der Waals surface area (Å²) >= 11 is 7.61. The van der Waals surface area contributed by atoms with Crippen molar-refractivity contribution in [1.82, 2.24) is 9.38 Å². The van der Waals surface area contributed by atoms with E-state index in [-0.39, 0.29) is 5.84 Å². The summed E-state index contributed by atoms with van der Waals surface area (Å²) < 4.78 is 7.59. The standard InChI is InChI=1S/C13H11ClN4OS/c14-11-5-9(1-2-10(11)12(15)16)19-7-8-6-18-3-4-20-13(18)17-8/h1-6H,7H2,(H3,15,16). The Labute approximate surface area is 124 Å². The predicted molar refractivity (Wildman–Crippen MR) is 79.9 cm³/mol. The van der Waals surface area contributed by atoms with Gasteiger partial charge < -0.3 is 10.5 Å². The van der Waals surface area contributed by atoms with E-state index >= 15 is 0 Å². The van der Waals surface area contributed by atoms with Gasteiger partial charge in [0.2, 0.25) is 0 Å². The number of halogens is 1. The van der Waals surface area contributed by atoms with Crippen LogP contribution in [0.15, 0.2) is 36.0 Å². The third-order valence-corrected chi connectivity index (χ3v) is 3.84. The first-order valence-electron chi connectivity index (χ1n) is 5.81. The fourth-order valence-electron chi connectivity index (χ4n) is 1.81. The summed E-state index contributed by atoms with van der Waals surface area (Å²) in [6, 6.07) is 5.06. The molecule has 3 N–H and O–H groups in total. The molecule has 20 heavy (non-hydrogen) atoms. The van der Waals surface area contributed by atoms with Gasteiger partial charge in [-0.2, -0.15) is 0 Å². The van der Waals surface area contributed by atoms with E-state index < -0.39 is 0 Å². The van der Waals surface area contributed by atoms with E-state index in [1.807, 2.05) is 22.2 Å². The smallest absolute Gasteiger partial charge is 0.193 e.